The van der Waals surface area contributed by atoms with Crippen LogP contribution in [0, 0.1) is 6.92 Å². The molecule has 0 radical (unpaired) electrons. The minimum atomic E-state index is -0.294. The molecule has 8 rings (SSSR count). The number of aromatic nitrogens is 7. The van der Waals surface area contributed by atoms with Crippen molar-refractivity contribution in [2.24, 2.45) is 0 Å². The fraction of sp³-hybridized carbons (Fsp3) is 0.455. The first-order chi connectivity index (χ1) is 21.0. The maximum absolute atomic E-state index is 13.0. The monoisotopic (exact) mass is 594 g/mol. The molecule has 0 bridgehead atoms. The number of fused-ring (bicyclic) bond motifs is 2. The molecule has 5 heterocycles. The van der Waals surface area contributed by atoms with Crippen molar-refractivity contribution in [1.29, 1.82) is 0 Å². The second-order valence-electron chi connectivity index (χ2n) is 12.4. The van der Waals surface area contributed by atoms with Gasteiger partial charge in [0, 0.05) is 36.1 Å². The van der Waals surface area contributed by atoms with Crippen molar-refractivity contribution in [3.63, 3.8) is 0 Å². The molecule has 11 nitrogen and oxygen atoms in total. The van der Waals surface area contributed by atoms with Crippen LogP contribution in [-0.2, 0) is 16.6 Å². The Kier molecular flexibility index (Phi) is 7.07. The number of hydrogen-bond donors (Lipinski definition) is 2. The number of aromatic amines is 1. The molecule has 0 unspecified atom stereocenters. The molecule has 44 heavy (non-hydrogen) atoms. The van der Waals surface area contributed by atoms with Gasteiger partial charge < -0.3 is 19.6 Å². The highest BCUT2D eigenvalue weighted by atomic mass is 16.5. The van der Waals surface area contributed by atoms with Crippen LogP contribution in [0.25, 0.3) is 33.7 Å². The van der Waals surface area contributed by atoms with Gasteiger partial charge in [0.05, 0.1) is 29.4 Å². The lowest BCUT2D eigenvalue weighted by molar-refractivity contribution is 0.0657. The maximum Gasteiger partial charge on any atom is 0.293 e. The Morgan fingerprint density at radius 2 is 1.95 bits per heavy atom. The van der Waals surface area contributed by atoms with Crippen molar-refractivity contribution in [3.8, 4) is 22.5 Å². The number of rotatable bonds is 6. The van der Waals surface area contributed by atoms with Crippen LogP contribution in [0.3, 0.4) is 0 Å². The third kappa shape index (κ3) is 4.89. The largest absolute Gasteiger partial charge is 0.381 e. The Labute approximate surface area is 255 Å². The van der Waals surface area contributed by atoms with E-state index in [0.717, 1.165) is 97.4 Å². The van der Waals surface area contributed by atoms with Gasteiger partial charge in [0.25, 0.3) is 11.7 Å². The number of carbonyl (C=O) groups excluding carboxylic acids is 1. The Balaban J connectivity index is 0.00000312. The average Bonchev–Trinajstić information content (AvgIpc) is 3.40. The van der Waals surface area contributed by atoms with Crippen molar-refractivity contribution < 1.29 is 14.1 Å². The van der Waals surface area contributed by atoms with Crippen molar-refractivity contribution in [2.75, 3.05) is 13.2 Å². The lowest BCUT2D eigenvalue weighted by atomic mass is 9.85. The fourth-order valence-electron chi connectivity index (χ4n) is 6.55. The molecule has 1 atom stereocenters. The van der Waals surface area contributed by atoms with Crippen molar-refractivity contribution in [3.05, 3.63) is 65.2 Å². The van der Waals surface area contributed by atoms with E-state index in [9.17, 15) is 4.79 Å². The number of amides is 1. The van der Waals surface area contributed by atoms with E-state index in [2.05, 4.69) is 62.2 Å². The average molecular weight is 595 g/mol. The highest BCUT2D eigenvalue weighted by Gasteiger charge is 2.45. The number of H-pyrrole nitrogens is 1. The Bertz CT molecular complexity index is 1840. The number of imidazole rings is 1. The molecule has 11 heteroatoms. The Morgan fingerprint density at radius 1 is 1.11 bits per heavy atom. The van der Waals surface area contributed by atoms with Gasteiger partial charge in [-0.1, -0.05) is 37.7 Å². The Hall–Kier alpha value is -4.38. The van der Waals surface area contributed by atoms with Gasteiger partial charge in [0.2, 0.25) is 5.89 Å². The molecule has 4 aromatic heterocycles. The van der Waals surface area contributed by atoms with E-state index in [1.54, 1.807) is 0 Å². The van der Waals surface area contributed by atoms with Gasteiger partial charge in [0.1, 0.15) is 5.82 Å². The van der Waals surface area contributed by atoms with Crippen LogP contribution >= 0.6 is 0 Å². The van der Waals surface area contributed by atoms with E-state index >= 15 is 0 Å². The zero-order valence-corrected chi connectivity index (χ0v) is 24.4. The number of nitrogens with one attached hydrogen (secondary N) is 2. The number of hydrogen-bond acceptors (Lipinski definition) is 8. The zero-order valence-electron chi connectivity index (χ0n) is 24.4. The molecular formula is C33H38N8O3. The zero-order chi connectivity index (χ0) is 29.1. The summed E-state index contributed by atoms with van der Waals surface area (Å²) in [5.41, 5.74) is 8.07. The molecule has 2 aliphatic carbocycles. The van der Waals surface area contributed by atoms with Crippen LogP contribution in [0.15, 0.2) is 41.2 Å². The molecule has 1 saturated heterocycles. The number of ether oxygens (including phenoxy) is 1. The molecule has 1 saturated carbocycles. The van der Waals surface area contributed by atoms with Crippen molar-refractivity contribution >= 4 is 17.1 Å². The first-order valence-corrected chi connectivity index (χ1v) is 15.2. The van der Waals surface area contributed by atoms with E-state index in [1.165, 1.54) is 5.56 Å². The van der Waals surface area contributed by atoms with Crippen LogP contribution in [0.4, 0.5) is 0 Å². The standard InChI is InChI=1S/C32H34N8O3.CH4/c1-18-24(17-34-40(18)21-9-14-42-15-10-21)27-36-26-23(8-13-33-28(26)37-27)20-6-7-22-19(16-20)4-3-5-25(22)35-30(41)29-38-31(43-39-29)32(2)11-12-32;/h6-8,13,16-17,21,25H,3-5,9-12,14-15H2,1-2H3,(H,35,41)(H,33,36,37);1H4/t25-;/m0./s1. The van der Waals surface area contributed by atoms with Gasteiger partial charge in [-0.05, 0) is 74.6 Å². The SMILES string of the molecule is C.Cc1c(-c2nc3nccc(-c4ccc5c(c4)CCC[C@@H]5NC(=O)c4noc(C5(C)CC5)n4)c3[nH]2)cnn1C1CCOCC1. The van der Waals surface area contributed by atoms with Gasteiger partial charge >= 0.3 is 0 Å². The van der Waals surface area contributed by atoms with E-state index in [0.29, 0.717) is 17.6 Å². The summed E-state index contributed by atoms with van der Waals surface area (Å²) in [5, 5.41) is 11.8. The number of benzene rings is 1. The van der Waals surface area contributed by atoms with E-state index in [-0.39, 0.29) is 30.6 Å². The second-order valence-corrected chi connectivity index (χ2v) is 12.4. The summed E-state index contributed by atoms with van der Waals surface area (Å²) in [6.07, 6.45) is 10.5. The topological polar surface area (TPSA) is 137 Å². The highest BCUT2D eigenvalue weighted by molar-refractivity contribution is 5.92. The highest BCUT2D eigenvalue weighted by Crippen LogP contribution is 2.46. The molecule has 228 valence electrons. The quantitative estimate of drug-likeness (QED) is 0.243. The van der Waals surface area contributed by atoms with Crippen LogP contribution in [0.5, 0.6) is 0 Å². The number of carbonyl (C=O) groups is 1. The lowest BCUT2D eigenvalue weighted by Crippen LogP contribution is -2.31. The van der Waals surface area contributed by atoms with Gasteiger partial charge in [0.15, 0.2) is 5.65 Å². The van der Waals surface area contributed by atoms with Gasteiger partial charge in [-0.3, -0.25) is 9.48 Å². The predicted octanol–water partition coefficient (Wildman–Crippen LogP) is 6.03. The minimum Gasteiger partial charge on any atom is -0.381 e. The number of pyridine rings is 1. The summed E-state index contributed by atoms with van der Waals surface area (Å²) in [4.78, 5) is 30.4. The first kappa shape index (κ1) is 28.4. The lowest BCUT2D eigenvalue weighted by Gasteiger charge is -2.26. The third-order valence-electron chi connectivity index (χ3n) is 9.45. The molecule has 2 N–H and O–H groups in total. The normalized spacial score (nSPS) is 19.4. The van der Waals surface area contributed by atoms with Gasteiger partial charge in [-0.2, -0.15) is 10.1 Å². The Morgan fingerprint density at radius 3 is 2.77 bits per heavy atom. The summed E-state index contributed by atoms with van der Waals surface area (Å²) in [6.45, 7) is 5.72. The summed E-state index contributed by atoms with van der Waals surface area (Å²) in [6, 6.07) is 8.76. The molecule has 3 aliphatic rings. The maximum atomic E-state index is 13.0. The molecular weight excluding hydrogens is 556 g/mol. The minimum absolute atomic E-state index is 0. The van der Waals surface area contributed by atoms with E-state index in [4.69, 9.17) is 19.3 Å². The van der Waals surface area contributed by atoms with Crippen LogP contribution in [0.2, 0.25) is 0 Å². The summed E-state index contributed by atoms with van der Waals surface area (Å²) in [5.74, 6) is 1.14. The summed E-state index contributed by atoms with van der Waals surface area (Å²) < 4.78 is 13.0. The van der Waals surface area contributed by atoms with Gasteiger partial charge in [-0.25, -0.2) is 9.97 Å². The van der Waals surface area contributed by atoms with Crippen LogP contribution in [0.1, 0.15) is 98.3 Å². The van der Waals surface area contributed by atoms with E-state index < -0.39 is 0 Å². The fourth-order valence-corrected chi connectivity index (χ4v) is 6.55. The molecule has 0 spiro atoms. The molecule has 1 aliphatic heterocycles. The molecule has 1 aromatic carbocycles. The van der Waals surface area contributed by atoms with Crippen LogP contribution in [-0.4, -0.2) is 54.0 Å². The summed E-state index contributed by atoms with van der Waals surface area (Å²) >= 11 is 0. The van der Waals surface area contributed by atoms with E-state index in [1.807, 2.05) is 18.5 Å². The number of aryl methyl sites for hydroxylation is 1. The van der Waals surface area contributed by atoms with Crippen LogP contribution < -0.4 is 5.32 Å². The number of nitrogens with zero attached hydrogens (tertiary/aromatic N) is 6. The van der Waals surface area contributed by atoms with Gasteiger partial charge in [-0.15, -0.1) is 0 Å². The smallest absolute Gasteiger partial charge is 0.293 e. The third-order valence-corrected chi connectivity index (χ3v) is 9.45. The summed E-state index contributed by atoms with van der Waals surface area (Å²) in [7, 11) is 0. The molecule has 1 amide bonds. The first-order valence-electron chi connectivity index (χ1n) is 15.2. The molecule has 5 aromatic rings. The predicted molar refractivity (Wildman–Crippen MR) is 165 cm³/mol. The second kappa shape index (κ2) is 11.0. The van der Waals surface area contributed by atoms with Crippen molar-refractivity contribution in [1.82, 2.24) is 40.2 Å². The molecule has 2 fully saturated rings. The van der Waals surface area contributed by atoms with Crippen molar-refractivity contribution in [2.45, 2.75) is 83.7 Å².